The zero-order valence-electron chi connectivity index (χ0n) is 21.9. The summed E-state index contributed by atoms with van der Waals surface area (Å²) in [6, 6.07) is 19.1. The molecule has 4 heterocycles. The van der Waals surface area contributed by atoms with Gasteiger partial charge in [0.05, 0.1) is 6.54 Å². The molecule has 39 heavy (non-hydrogen) atoms. The van der Waals surface area contributed by atoms with Crippen molar-refractivity contribution in [2.24, 2.45) is 15.2 Å². The van der Waals surface area contributed by atoms with Gasteiger partial charge in [-0.1, -0.05) is 31.2 Å². The van der Waals surface area contributed by atoms with E-state index in [0.717, 1.165) is 56.9 Å². The summed E-state index contributed by atoms with van der Waals surface area (Å²) in [6.07, 6.45) is 2.20. The number of benzene rings is 2. The van der Waals surface area contributed by atoms with Crippen LogP contribution in [0, 0.1) is 19.8 Å². The van der Waals surface area contributed by atoms with Gasteiger partial charge in [-0.05, 0) is 72.5 Å². The third-order valence-corrected chi connectivity index (χ3v) is 6.66. The third kappa shape index (κ3) is 4.79. The largest absolute Gasteiger partial charge is 0.453 e. The Kier molecular flexibility index (Phi) is 6.40. The van der Waals surface area contributed by atoms with Gasteiger partial charge < -0.3 is 9.30 Å². The number of hydrogen-bond acceptors (Lipinski definition) is 7. The standard InChI is InChI=1S/C30H26FN7O/c1-4-26-36-27-18(2)14-19(3)35-30(27)38(26)16-20-7-9-21(10-8-20)24-15-22(39-25-6-5-13-32-28(25)31)11-12-23(24)29-33-17-34-37-29/h5-15H,4,16-17H2,1-3H3. The summed E-state index contributed by atoms with van der Waals surface area (Å²) in [7, 11) is 0. The van der Waals surface area contributed by atoms with Crippen molar-refractivity contribution in [3.63, 3.8) is 0 Å². The van der Waals surface area contributed by atoms with Gasteiger partial charge in [-0.2, -0.15) is 9.50 Å². The molecule has 3 aromatic heterocycles. The molecular weight excluding hydrogens is 493 g/mol. The zero-order chi connectivity index (χ0) is 26.9. The Labute approximate surface area is 225 Å². The number of hydrogen-bond donors (Lipinski definition) is 0. The molecule has 0 N–H and O–H groups in total. The lowest BCUT2D eigenvalue weighted by Gasteiger charge is -2.13. The lowest BCUT2D eigenvalue weighted by molar-refractivity contribution is 0.429. The highest BCUT2D eigenvalue weighted by Gasteiger charge is 2.17. The molecule has 0 fully saturated rings. The number of nitrogens with zero attached hydrogens (tertiary/aromatic N) is 7. The topological polar surface area (TPSA) is 89.9 Å². The van der Waals surface area contributed by atoms with Gasteiger partial charge in [0.15, 0.2) is 23.9 Å². The normalized spacial score (nSPS) is 12.8. The van der Waals surface area contributed by atoms with Crippen LogP contribution in [0.3, 0.4) is 0 Å². The number of imidazole rings is 1. The maximum atomic E-state index is 14.1. The first-order chi connectivity index (χ1) is 19.0. The number of aryl methyl sites for hydroxylation is 3. The first-order valence-electron chi connectivity index (χ1n) is 12.8. The molecule has 0 amide bonds. The number of ether oxygens (including phenoxy) is 1. The van der Waals surface area contributed by atoms with Gasteiger partial charge >= 0.3 is 0 Å². The van der Waals surface area contributed by atoms with Gasteiger partial charge in [-0.25, -0.2) is 19.9 Å². The van der Waals surface area contributed by atoms with E-state index in [1.807, 2.05) is 19.1 Å². The summed E-state index contributed by atoms with van der Waals surface area (Å²) in [6.45, 7) is 7.16. The van der Waals surface area contributed by atoms with Crippen molar-refractivity contribution < 1.29 is 9.13 Å². The Morgan fingerprint density at radius 3 is 2.56 bits per heavy atom. The predicted molar refractivity (Wildman–Crippen MR) is 148 cm³/mol. The van der Waals surface area contributed by atoms with Gasteiger partial charge in [0.1, 0.15) is 17.1 Å². The molecule has 0 saturated carbocycles. The molecule has 0 saturated heterocycles. The minimum Gasteiger partial charge on any atom is -0.453 e. The zero-order valence-corrected chi connectivity index (χ0v) is 21.9. The number of fused-ring (bicyclic) bond motifs is 1. The van der Waals surface area contributed by atoms with Crippen LogP contribution in [0.2, 0.25) is 0 Å². The third-order valence-electron chi connectivity index (χ3n) is 6.66. The molecule has 0 radical (unpaired) electrons. The molecule has 0 spiro atoms. The van der Waals surface area contributed by atoms with Crippen LogP contribution in [0.4, 0.5) is 4.39 Å². The fourth-order valence-electron chi connectivity index (χ4n) is 4.82. The molecule has 0 unspecified atom stereocenters. The van der Waals surface area contributed by atoms with Gasteiger partial charge in [0.2, 0.25) is 0 Å². The predicted octanol–water partition coefficient (Wildman–Crippen LogP) is 6.82. The second kappa shape index (κ2) is 10.2. The quantitative estimate of drug-likeness (QED) is 0.221. The molecule has 1 aliphatic rings. The number of pyridine rings is 2. The van der Waals surface area contributed by atoms with E-state index in [9.17, 15) is 4.39 Å². The van der Waals surface area contributed by atoms with Gasteiger partial charge in [0.25, 0.3) is 5.95 Å². The second-order valence-corrected chi connectivity index (χ2v) is 9.38. The molecule has 194 valence electrons. The van der Waals surface area contributed by atoms with E-state index in [0.29, 0.717) is 24.8 Å². The summed E-state index contributed by atoms with van der Waals surface area (Å²) in [5, 5.41) is 8.20. The molecule has 0 atom stereocenters. The number of azo groups is 1. The van der Waals surface area contributed by atoms with Crippen molar-refractivity contribution in [2.75, 3.05) is 6.67 Å². The van der Waals surface area contributed by atoms with Crippen LogP contribution in [0.25, 0.3) is 22.3 Å². The molecule has 0 aliphatic carbocycles. The Morgan fingerprint density at radius 1 is 0.974 bits per heavy atom. The number of aromatic nitrogens is 4. The molecule has 9 heteroatoms. The van der Waals surface area contributed by atoms with Gasteiger partial charge in [-0.15, -0.1) is 5.11 Å². The van der Waals surface area contributed by atoms with E-state index in [2.05, 4.69) is 69.0 Å². The fraction of sp³-hybridized carbons (Fsp3) is 0.200. The first kappa shape index (κ1) is 24.5. The summed E-state index contributed by atoms with van der Waals surface area (Å²) >= 11 is 0. The summed E-state index contributed by atoms with van der Waals surface area (Å²) in [5.41, 5.74) is 7.73. The fourth-order valence-corrected chi connectivity index (χ4v) is 4.82. The molecule has 0 bridgehead atoms. The maximum absolute atomic E-state index is 14.1. The van der Waals surface area contributed by atoms with Crippen molar-refractivity contribution in [2.45, 2.75) is 33.7 Å². The lowest BCUT2D eigenvalue weighted by atomic mass is 9.97. The van der Waals surface area contributed by atoms with Gasteiger partial charge in [-0.3, -0.25) is 0 Å². The van der Waals surface area contributed by atoms with Crippen molar-refractivity contribution in [3.05, 3.63) is 101 Å². The molecule has 6 rings (SSSR count). The van der Waals surface area contributed by atoms with Crippen molar-refractivity contribution in [1.29, 1.82) is 0 Å². The van der Waals surface area contributed by atoms with Crippen LogP contribution in [-0.4, -0.2) is 32.0 Å². The number of amidine groups is 1. The van der Waals surface area contributed by atoms with E-state index in [1.54, 1.807) is 18.2 Å². The van der Waals surface area contributed by atoms with Crippen LogP contribution < -0.4 is 4.74 Å². The monoisotopic (exact) mass is 519 g/mol. The van der Waals surface area contributed by atoms with Gasteiger partial charge in [0, 0.05) is 23.9 Å². The minimum atomic E-state index is -0.667. The average molecular weight is 520 g/mol. The first-order valence-corrected chi connectivity index (χ1v) is 12.8. The Morgan fingerprint density at radius 2 is 1.82 bits per heavy atom. The van der Waals surface area contributed by atoms with Crippen molar-refractivity contribution in [3.8, 4) is 22.6 Å². The van der Waals surface area contributed by atoms with Crippen LogP contribution in [0.15, 0.2) is 82.1 Å². The van der Waals surface area contributed by atoms with Crippen LogP contribution in [0.5, 0.6) is 11.5 Å². The highest BCUT2D eigenvalue weighted by atomic mass is 19.1. The summed E-state index contributed by atoms with van der Waals surface area (Å²) < 4.78 is 22.1. The molecular formula is C30H26FN7O. The minimum absolute atomic E-state index is 0.0582. The number of halogens is 1. The SMILES string of the molecule is CCc1nc2c(C)cc(C)nc2n1Cc1ccc(-c2cc(Oc3cccnc3F)ccc2C2=NCN=N2)cc1. The van der Waals surface area contributed by atoms with E-state index in [1.165, 1.54) is 6.20 Å². The highest BCUT2D eigenvalue weighted by molar-refractivity contribution is 6.05. The van der Waals surface area contributed by atoms with Crippen LogP contribution in [0.1, 0.15) is 35.1 Å². The summed E-state index contributed by atoms with van der Waals surface area (Å²) in [5.74, 6) is 1.44. The summed E-state index contributed by atoms with van der Waals surface area (Å²) in [4.78, 5) is 17.7. The Balaban J connectivity index is 1.36. The van der Waals surface area contributed by atoms with Crippen molar-refractivity contribution >= 4 is 17.0 Å². The highest BCUT2D eigenvalue weighted by Crippen LogP contribution is 2.33. The number of aliphatic imine (C=N–C) groups is 1. The average Bonchev–Trinajstić information content (AvgIpc) is 3.59. The molecule has 5 aromatic rings. The lowest BCUT2D eigenvalue weighted by Crippen LogP contribution is -2.06. The van der Waals surface area contributed by atoms with E-state index < -0.39 is 5.95 Å². The van der Waals surface area contributed by atoms with E-state index in [-0.39, 0.29) is 5.75 Å². The van der Waals surface area contributed by atoms with E-state index >= 15 is 0 Å². The van der Waals surface area contributed by atoms with Crippen LogP contribution >= 0.6 is 0 Å². The Hall–Kier alpha value is -4.79. The number of rotatable bonds is 7. The van der Waals surface area contributed by atoms with E-state index in [4.69, 9.17) is 14.7 Å². The molecule has 8 nitrogen and oxygen atoms in total. The molecule has 1 aliphatic heterocycles. The maximum Gasteiger partial charge on any atom is 0.255 e. The smallest absolute Gasteiger partial charge is 0.255 e. The van der Waals surface area contributed by atoms with Crippen molar-refractivity contribution in [1.82, 2.24) is 19.5 Å². The second-order valence-electron chi connectivity index (χ2n) is 9.38. The Bertz CT molecular complexity index is 1760. The van der Waals surface area contributed by atoms with Crippen LogP contribution in [-0.2, 0) is 13.0 Å². The molecule has 2 aromatic carbocycles.